The van der Waals surface area contributed by atoms with Gasteiger partial charge >= 0.3 is 0 Å². The first-order valence-electron chi connectivity index (χ1n) is 11.0. The monoisotopic (exact) mass is 499 g/mol. The second kappa shape index (κ2) is 8.54. The first kappa shape index (κ1) is 21.9. The molecule has 0 saturated heterocycles. The summed E-state index contributed by atoms with van der Waals surface area (Å²) in [5, 5.41) is 13.1. The molecule has 0 aliphatic carbocycles. The van der Waals surface area contributed by atoms with Crippen molar-refractivity contribution in [1.82, 2.24) is 29.5 Å². The zero-order chi connectivity index (χ0) is 24.8. The first-order valence-corrected chi connectivity index (χ1v) is 11.8. The Bertz CT molecular complexity index is 1810. The van der Waals surface area contributed by atoms with Gasteiger partial charge in [-0.25, -0.2) is 14.1 Å². The summed E-state index contributed by atoms with van der Waals surface area (Å²) in [7, 11) is 0. The van der Waals surface area contributed by atoms with Crippen molar-refractivity contribution in [3.05, 3.63) is 99.4 Å². The fourth-order valence-electron chi connectivity index (χ4n) is 4.07. The molecular weight excluding hydrogens is 481 g/mol. The summed E-state index contributed by atoms with van der Waals surface area (Å²) in [6.07, 6.45) is 2.76. The van der Waals surface area contributed by atoms with Crippen molar-refractivity contribution in [3.63, 3.8) is 0 Å². The van der Waals surface area contributed by atoms with E-state index >= 15 is 0 Å². The second-order valence-corrected chi connectivity index (χ2v) is 9.23. The number of fused-ring (bicyclic) bond motifs is 2. The predicted octanol–water partition coefficient (Wildman–Crippen LogP) is 4.27. The lowest BCUT2D eigenvalue weighted by Gasteiger charge is -2.11. The topological polar surface area (TPSA) is 110 Å². The summed E-state index contributed by atoms with van der Waals surface area (Å²) < 4.78 is 16.6. The number of rotatable bonds is 5. The first-order chi connectivity index (χ1) is 17.5. The van der Waals surface area contributed by atoms with E-state index in [4.69, 9.17) is 0 Å². The molecule has 4 heterocycles. The van der Waals surface area contributed by atoms with Gasteiger partial charge in [0.15, 0.2) is 5.65 Å². The molecule has 0 aliphatic heterocycles. The number of nitrogens with zero attached hydrogens (tertiary/aromatic N) is 5. The van der Waals surface area contributed by atoms with E-state index in [9.17, 15) is 14.0 Å². The van der Waals surface area contributed by atoms with Gasteiger partial charge in [-0.2, -0.15) is 10.2 Å². The number of aryl methyl sites for hydroxylation is 1. The van der Waals surface area contributed by atoms with Crippen molar-refractivity contribution in [3.8, 4) is 5.69 Å². The van der Waals surface area contributed by atoms with Crippen molar-refractivity contribution in [1.29, 1.82) is 0 Å². The summed E-state index contributed by atoms with van der Waals surface area (Å²) in [5.74, 6) is -0.569. The molecule has 0 fully saturated rings. The van der Waals surface area contributed by atoms with Gasteiger partial charge in [0.25, 0.3) is 11.5 Å². The molecular formula is C25H18FN7O2S. The Morgan fingerprint density at radius 2 is 1.94 bits per heavy atom. The van der Waals surface area contributed by atoms with E-state index in [0.29, 0.717) is 33.8 Å². The van der Waals surface area contributed by atoms with Gasteiger partial charge < -0.3 is 10.3 Å². The predicted molar refractivity (Wildman–Crippen MR) is 135 cm³/mol. The lowest BCUT2D eigenvalue weighted by atomic mass is 10.2. The molecule has 1 amide bonds. The van der Waals surface area contributed by atoms with Gasteiger partial charge in [0.1, 0.15) is 16.0 Å². The van der Waals surface area contributed by atoms with E-state index in [0.717, 1.165) is 21.5 Å². The standard InChI is InChI=1S/C25H18FN7O2S/c1-14-17-10-21(36-25(17)32(31-14)12-15-6-8-16(26)9-7-15)24(35)30-19-4-2-3-5-20(19)33-22-18(11-29-33)23(34)28-13-27-22/h2-11,13H,12H2,1H3,(H,30,35)(H,27,28,34). The van der Waals surface area contributed by atoms with Crippen molar-refractivity contribution in [2.75, 3.05) is 5.32 Å². The van der Waals surface area contributed by atoms with E-state index in [1.54, 1.807) is 30.3 Å². The van der Waals surface area contributed by atoms with Crippen molar-refractivity contribution < 1.29 is 9.18 Å². The van der Waals surface area contributed by atoms with Crippen LogP contribution in [0.25, 0.3) is 26.9 Å². The number of halogens is 1. The SMILES string of the molecule is Cc1nn(Cc2ccc(F)cc2)c2sc(C(=O)Nc3ccccc3-n3ncc4c(=O)[nH]cnc43)cc12. The van der Waals surface area contributed by atoms with E-state index in [2.05, 4.69) is 25.5 Å². The van der Waals surface area contributed by atoms with E-state index < -0.39 is 0 Å². The van der Waals surface area contributed by atoms with E-state index in [1.807, 2.05) is 23.7 Å². The zero-order valence-electron chi connectivity index (χ0n) is 18.9. The van der Waals surface area contributed by atoms with Crippen LogP contribution in [0.4, 0.5) is 10.1 Å². The number of H-pyrrole nitrogens is 1. The van der Waals surface area contributed by atoms with Crippen LogP contribution in [0, 0.1) is 12.7 Å². The molecule has 0 radical (unpaired) electrons. The number of amides is 1. The van der Waals surface area contributed by atoms with Crippen molar-refractivity contribution >= 4 is 44.2 Å². The van der Waals surface area contributed by atoms with Crippen molar-refractivity contribution in [2.45, 2.75) is 13.5 Å². The third-order valence-corrected chi connectivity index (χ3v) is 6.98. The van der Waals surface area contributed by atoms with Gasteiger partial charge in [0.2, 0.25) is 0 Å². The minimum absolute atomic E-state index is 0.279. The van der Waals surface area contributed by atoms with Crippen LogP contribution in [0.3, 0.4) is 0 Å². The normalized spacial score (nSPS) is 11.4. The summed E-state index contributed by atoms with van der Waals surface area (Å²) in [6.45, 7) is 2.36. The Morgan fingerprint density at radius 1 is 1.14 bits per heavy atom. The van der Waals surface area contributed by atoms with Crippen LogP contribution in [0.5, 0.6) is 0 Å². The number of nitrogens with one attached hydrogen (secondary N) is 2. The molecule has 178 valence electrons. The molecule has 6 aromatic rings. The molecule has 4 aromatic heterocycles. The maximum atomic E-state index is 13.3. The minimum Gasteiger partial charge on any atom is -0.319 e. The van der Waals surface area contributed by atoms with Crippen LogP contribution >= 0.6 is 11.3 Å². The molecule has 36 heavy (non-hydrogen) atoms. The lowest BCUT2D eigenvalue weighted by Crippen LogP contribution is -2.13. The van der Waals surface area contributed by atoms with Crippen LogP contribution in [0.2, 0.25) is 0 Å². The Hall–Kier alpha value is -4.64. The Kier molecular flexibility index (Phi) is 5.19. The third-order valence-electron chi connectivity index (χ3n) is 5.83. The lowest BCUT2D eigenvalue weighted by molar-refractivity contribution is 0.103. The summed E-state index contributed by atoms with van der Waals surface area (Å²) in [5.41, 5.74) is 2.92. The van der Waals surface area contributed by atoms with E-state index in [-0.39, 0.29) is 17.3 Å². The molecule has 0 bridgehead atoms. The molecule has 2 aromatic carbocycles. The number of hydrogen-bond donors (Lipinski definition) is 2. The molecule has 0 atom stereocenters. The van der Waals surface area contributed by atoms with Crippen molar-refractivity contribution in [2.24, 2.45) is 0 Å². The number of aromatic nitrogens is 6. The smallest absolute Gasteiger partial charge is 0.265 e. The molecule has 0 unspecified atom stereocenters. The average molecular weight is 500 g/mol. The zero-order valence-corrected chi connectivity index (χ0v) is 19.7. The van der Waals surface area contributed by atoms with Crippen LogP contribution in [-0.2, 0) is 6.54 Å². The van der Waals surface area contributed by atoms with Crippen LogP contribution in [0.1, 0.15) is 20.9 Å². The number of benzene rings is 2. The van der Waals surface area contributed by atoms with Gasteiger partial charge in [-0.15, -0.1) is 11.3 Å². The van der Waals surface area contributed by atoms with Crippen LogP contribution < -0.4 is 10.9 Å². The molecule has 2 N–H and O–H groups in total. The number of para-hydroxylation sites is 2. The maximum Gasteiger partial charge on any atom is 0.265 e. The fraction of sp³-hybridized carbons (Fsp3) is 0.0800. The highest BCUT2D eigenvalue weighted by molar-refractivity contribution is 7.20. The third kappa shape index (κ3) is 3.75. The average Bonchev–Trinajstić information content (AvgIpc) is 3.57. The summed E-state index contributed by atoms with van der Waals surface area (Å²) in [6, 6.07) is 15.3. The van der Waals surface area contributed by atoms with Crippen LogP contribution in [0.15, 0.2) is 71.9 Å². The number of carbonyl (C=O) groups excluding carboxylic acids is 1. The second-order valence-electron chi connectivity index (χ2n) is 8.20. The quantitative estimate of drug-likeness (QED) is 0.368. The Labute approximate surface area is 206 Å². The number of anilines is 1. The van der Waals surface area contributed by atoms with Gasteiger partial charge in [-0.1, -0.05) is 24.3 Å². The highest BCUT2D eigenvalue weighted by Gasteiger charge is 2.19. The van der Waals surface area contributed by atoms with Gasteiger partial charge in [-0.05, 0) is 42.8 Å². The maximum absolute atomic E-state index is 13.3. The minimum atomic E-state index is -0.290. The largest absolute Gasteiger partial charge is 0.319 e. The van der Waals surface area contributed by atoms with Gasteiger partial charge in [0, 0.05) is 5.39 Å². The molecule has 9 nitrogen and oxygen atoms in total. The number of hydrogen-bond acceptors (Lipinski definition) is 6. The Balaban J connectivity index is 1.32. The highest BCUT2D eigenvalue weighted by atomic mass is 32.1. The Morgan fingerprint density at radius 3 is 2.78 bits per heavy atom. The van der Waals surface area contributed by atoms with Crippen LogP contribution in [-0.4, -0.2) is 35.4 Å². The van der Waals surface area contributed by atoms with E-state index in [1.165, 1.54) is 40.7 Å². The summed E-state index contributed by atoms with van der Waals surface area (Å²) in [4.78, 5) is 33.5. The molecule has 0 spiro atoms. The molecule has 6 rings (SSSR count). The fourth-order valence-corrected chi connectivity index (χ4v) is 5.13. The number of aromatic amines is 1. The number of thiophene rings is 1. The summed E-state index contributed by atoms with van der Waals surface area (Å²) >= 11 is 1.34. The highest BCUT2D eigenvalue weighted by Crippen LogP contribution is 2.30. The molecule has 0 saturated carbocycles. The van der Waals surface area contributed by atoms with Gasteiger partial charge in [-0.3, -0.25) is 14.3 Å². The molecule has 0 aliphatic rings. The van der Waals surface area contributed by atoms with Gasteiger partial charge in [0.05, 0.1) is 41.0 Å². The molecule has 11 heteroatoms. The number of carbonyl (C=O) groups is 1.